The largest absolute Gasteiger partial charge is 0.497 e. The van der Waals surface area contributed by atoms with Crippen LogP contribution in [0.15, 0.2) is 46.4 Å². The molecule has 0 saturated heterocycles. The van der Waals surface area contributed by atoms with Gasteiger partial charge in [-0.15, -0.1) is 11.3 Å². The Morgan fingerprint density at radius 2 is 2.09 bits per heavy atom. The lowest BCUT2D eigenvalue weighted by atomic mass is 10.1. The minimum absolute atomic E-state index is 0.231. The number of nitrogens with zero attached hydrogens (tertiary/aromatic N) is 1. The van der Waals surface area contributed by atoms with Gasteiger partial charge in [-0.05, 0) is 35.7 Å². The van der Waals surface area contributed by atoms with Gasteiger partial charge < -0.3 is 14.2 Å². The molecule has 0 spiro atoms. The Kier molecular flexibility index (Phi) is 3.93. The number of thiophene rings is 1. The molecule has 0 fully saturated rings. The maximum Gasteiger partial charge on any atom is 0.363 e. The van der Waals surface area contributed by atoms with E-state index in [1.165, 1.54) is 11.3 Å². The summed E-state index contributed by atoms with van der Waals surface area (Å²) in [6, 6.07) is 9.07. The van der Waals surface area contributed by atoms with E-state index in [0.29, 0.717) is 23.0 Å². The van der Waals surface area contributed by atoms with Crippen LogP contribution in [0.5, 0.6) is 11.5 Å². The highest BCUT2D eigenvalue weighted by Crippen LogP contribution is 2.28. The molecule has 1 aromatic carbocycles. The Hall–Kier alpha value is -2.60. The number of esters is 1. The number of ether oxygens (including phenoxy) is 3. The highest BCUT2D eigenvalue weighted by atomic mass is 32.1. The van der Waals surface area contributed by atoms with Gasteiger partial charge in [0, 0.05) is 5.56 Å². The number of rotatable bonds is 4. The second-order valence-corrected chi connectivity index (χ2v) is 5.37. The molecule has 5 nitrogen and oxygen atoms in total. The molecule has 0 radical (unpaired) electrons. The van der Waals surface area contributed by atoms with E-state index < -0.39 is 5.97 Å². The molecule has 0 saturated carbocycles. The van der Waals surface area contributed by atoms with Crippen LogP contribution < -0.4 is 9.47 Å². The highest BCUT2D eigenvalue weighted by Gasteiger charge is 2.25. The van der Waals surface area contributed by atoms with Gasteiger partial charge in [0.15, 0.2) is 5.70 Å². The molecule has 6 heteroatoms. The van der Waals surface area contributed by atoms with Crippen LogP contribution in [0.2, 0.25) is 0 Å². The zero-order valence-electron chi connectivity index (χ0n) is 12.0. The number of aliphatic imine (C=N–C) groups is 1. The van der Waals surface area contributed by atoms with Crippen molar-refractivity contribution in [3.05, 3.63) is 51.8 Å². The number of methoxy groups -OCH3 is 2. The van der Waals surface area contributed by atoms with Crippen LogP contribution in [0.3, 0.4) is 0 Å². The van der Waals surface area contributed by atoms with E-state index in [1.54, 1.807) is 38.5 Å². The standard InChI is InChI=1S/C16H13NO4S/c1-19-11-5-6-13(20-2)10(8-11)9-12-16(18)21-15(17-12)14-4-3-7-22-14/h3-9H,1-2H3/b12-9+. The van der Waals surface area contributed by atoms with Gasteiger partial charge in [-0.25, -0.2) is 9.79 Å². The Morgan fingerprint density at radius 3 is 2.77 bits per heavy atom. The minimum Gasteiger partial charge on any atom is -0.497 e. The molecular formula is C16H13NO4S. The highest BCUT2D eigenvalue weighted by molar-refractivity contribution is 7.12. The third-order valence-electron chi connectivity index (χ3n) is 3.08. The third-order valence-corrected chi connectivity index (χ3v) is 3.94. The fraction of sp³-hybridized carbons (Fsp3) is 0.125. The maximum atomic E-state index is 12.0. The Bertz CT molecular complexity index is 762. The molecule has 2 aromatic rings. The lowest BCUT2D eigenvalue weighted by Gasteiger charge is -2.07. The second kappa shape index (κ2) is 6.03. The summed E-state index contributed by atoms with van der Waals surface area (Å²) in [4.78, 5) is 17.0. The SMILES string of the molecule is COc1ccc(OC)c(/C=C2/N=C(c3cccs3)OC2=O)c1. The number of hydrogen-bond acceptors (Lipinski definition) is 6. The van der Waals surface area contributed by atoms with E-state index in [-0.39, 0.29) is 5.70 Å². The molecule has 2 heterocycles. The Morgan fingerprint density at radius 1 is 1.23 bits per heavy atom. The fourth-order valence-electron chi connectivity index (χ4n) is 2.01. The van der Waals surface area contributed by atoms with E-state index in [1.807, 2.05) is 17.5 Å². The summed E-state index contributed by atoms with van der Waals surface area (Å²) in [5.41, 5.74) is 0.930. The summed E-state index contributed by atoms with van der Waals surface area (Å²) in [5, 5.41) is 1.90. The predicted octanol–water partition coefficient (Wildman–Crippen LogP) is 3.11. The van der Waals surface area contributed by atoms with Crippen molar-refractivity contribution in [2.45, 2.75) is 0 Å². The number of carbonyl (C=O) groups excluding carboxylic acids is 1. The van der Waals surface area contributed by atoms with Gasteiger partial charge in [-0.2, -0.15) is 0 Å². The van der Waals surface area contributed by atoms with Crippen LogP contribution in [0.4, 0.5) is 0 Å². The zero-order valence-corrected chi connectivity index (χ0v) is 12.8. The van der Waals surface area contributed by atoms with Crippen LogP contribution in [-0.2, 0) is 9.53 Å². The predicted molar refractivity (Wildman–Crippen MR) is 84.5 cm³/mol. The Labute approximate surface area is 131 Å². The van der Waals surface area contributed by atoms with Gasteiger partial charge >= 0.3 is 5.97 Å². The molecule has 0 N–H and O–H groups in total. The normalized spacial score (nSPS) is 15.6. The minimum atomic E-state index is -0.478. The van der Waals surface area contributed by atoms with Crippen molar-refractivity contribution in [3.63, 3.8) is 0 Å². The van der Waals surface area contributed by atoms with Crippen molar-refractivity contribution in [2.24, 2.45) is 4.99 Å². The van der Waals surface area contributed by atoms with Gasteiger partial charge in [0.05, 0.1) is 19.1 Å². The van der Waals surface area contributed by atoms with E-state index in [4.69, 9.17) is 14.2 Å². The average molecular weight is 315 g/mol. The molecule has 3 rings (SSSR count). The lowest BCUT2D eigenvalue weighted by Crippen LogP contribution is -2.03. The third kappa shape index (κ3) is 2.73. The van der Waals surface area contributed by atoms with Crippen LogP contribution in [0, 0.1) is 0 Å². The van der Waals surface area contributed by atoms with Gasteiger partial charge in [-0.1, -0.05) is 6.07 Å². The first kappa shape index (κ1) is 14.3. The van der Waals surface area contributed by atoms with Crippen LogP contribution >= 0.6 is 11.3 Å². The van der Waals surface area contributed by atoms with Crippen molar-refractivity contribution in [1.82, 2.24) is 0 Å². The van der Waals surface area contributed by atoms with E-state index >= 15 is 0 Å². The molecule has 1 aliphatic heterocycles. The average Bonchev–Trinajstić information content (AvgIpc) is 3.17. The summed E-state index contributed by atoms with van der Waals surface area (Å²) < 4.78 is 15.7. The van der Waals surface area contributed by atoms with Gasteiger partial charge in [0.25, 0.3) is 0 Å². The molecule has 1 aliphatic rings. The van der Waals surface area contributed by atoms with Crippen molar-refractivity contribution in [2.75, 3.05) is 14.2 Å². The molecule has 112 valence electrons. The molecule has 1 aromatic heterocycles. The first-order valence-electron chi connectivity index (χ1n) is 6.49. The number of hydrogen-bond donors (Lipinski definition) is 0. The van der Waals surface area contributed by atoms with Crippen molar-refractivity contribution >= 4 is 29.3 Å². The maximum absolute atomic E-state index is 12.0. The van der Waals surface area contributed by atoms with Crippen molar-refractivity contribution in [3.8, 4) is 11.5 Å². The summed E-state index contributed by atoms with van der Waals surface area (Å²) in [5.74, 6) is 1.14. The zero-order chi connectivity index (χ0) is 15.5. The Balaban J connectivity index is 1.99. The first-order valence-corrected chi connectivity index (χ1v) is 7.37. The fourth-order valence-corrected chi connectivity index (χ4v) is 2.66. The smallest absolute Gasteiger partial charge is 0.363 e. The summed E-state index contributed by atoms with van der Waals surface area (Å²) in [7, 11) is 3.15. The molecule has 0 unspecified atom stereocenters. The molecular weight excluding hydrogens is 302 g/mol. The molecule has 22 heavy (non-hydrogen) atoms. The first-order chi connectivity index (χ1) is 10.7. The van der Waals surface area contributed by atoms with Gasteiger partial charge in [0.1, 0.15) is 11.5 Å². The summed E-state index contributed by atoms with van der Waals surface area (Å²) >= 11 is 1.46. The number of benzene rings is 1. The van der Waals surface area contributed by atoms with Crippen LogP contribution in [0.25, 0.3) is 6.08 Å². The second-order valence-electron chi connectivity index (χ2n) is 4.42. The van der Waals surface area contributed by atoms with E-state index in [2.05, 4.69) is 4.99 Å². The number of cyclic esters (lactones) is 1. The number of carbonyl (C=O) groups is 1. The summed E-state index contributed by atoms with van der Waals surface area (Å²) in [6.45, 7) is 0. The van der Waals surface area contributed by atoms with Crippen molar-refractivity contribution in [1.29, 1.82) is 0 Å². The summed E-state index contributed by atoms with van der Waals surface area (Å²) in [6.07, 6.45) is 1.63. The van der Waals surface area contributed by atoms with E-state index in [0.717, 1.165) is 4.88 Å². The van der Waals surface area contributed by atoms with Crippen LogP contribution in [0.1, 0.15) is 10.4 Å². The molecule has 0 aliphatic carbocycles. The van der Waals surface area contributed by atoms with Gasteiger partial charge in [-0.3, -0.25) is 0 Å². The molecule has 0 bridgehead atoms. The topological polar surface area (TPSA) is 57.1 Å². The van der Waals surface area contributed by atoms with Gasteiger partial charge in [0.2, 0.25) is 5.90 Å². The molecule has 0 atom stereocenters. The van der Waals surface area contributed by atoms with Crippen molar-refractivity contribution < 1.29 is 19.0 Å². The quantitative estimate of drug-likeness (QED) is 0.642. The monoisotopic (exact) mass is 315 g/mol. The van der Waals surface area contributed by atoms with E-state index in [9.17, 15) is 4.79 Å². The molecule has 0 amide bonds. The van der Waals surface area contributed by atoms with Crippen LogP contribution in [-0.4, -0.2) is 26.1 Å². The lowest BCUT2D eigenvalue weighted by molar-refractivity contribution is -0.129.